The highest BCUT2D eigenvalue weighted by molar-refractivity contribution is 5.91. The fourth-order valence-corrected chi connectivity index (χ4v) is 2.37. The molecule has 1 atom stereocenters. The molecule has 3 aromatic rings. The van der Waals surface area contributed by atoms with E-state index in [1.54, 1.807) is 10.9 Å². The summed E-state index contributed by atoms with van der Waals surface area (Å²) in [5, 5.41) is 17.9. The van der Waals surface area contributed by atoms with E-state index in [1.807, 2.05) is 19.3 Å². The first kappa shape index (κ1) is 14.5. The van der Waals surface area contributed by atoms with E-state index in [0.717, 1.165) is 28.1 Å². The van der Waals surface area contributed by atoms with Crippen molar-refractivity contribution in [1.82, 2.24) is 24.7 Å². The molecule has 3 heterocycles. The van der Waals surface area contributed by atoms with Gasteiger partial charge in [0.1, 0.15) is 17.8 Å². The number of hydrogen-bond donors (Lipinski definition) is 3. The standard InChI is InChI=1S/C15H20N6O/c1-9(2)13(7-22)20-15-11-4-12(10-5-18-21(3)6-10)19-14(11)16-8-17-15/h4-6,8-9,13,22H,7H2,1-3H3,(H2,16,17,19,20)/t13-/m0/s1. The summed E-state index contributed by atoms with van der Waals surface area (Å²) in [7, 11) is 1.88. The molecule has 0 saturated carbocycles. The molecule has 0 bridgehead atoms. The van der Waals surface area contributed by atoms with Crippen molar-refractivity contribution in [2.24, 2.45) is 13.0 Å². The number of nitrogens with one attached hydrogen (secondary N) is 2. The minimum atomic E-state index is -0.0464. The van der Waals surface area contributed by atoms with Gasteiger partial charge in [-0.3, -0.25) is 4.68 Å². The summed E-state index contributed by atoms with van der Waals surface area (Å²) in [5.74, 6) is 1.02. The van der Waals surface area contributed by atoms with Crippen LogP contribution in [-0.4, -0.2) is 42.5 Å². The summed E-state index contributed by atoms with van der Waals surface area (Å²) in [5.41, 5.74) is 2.70. The van der Waals surface area contributed by atoms with E-state index in [4.69, 9.17) is 0 Å². The van der Waals surface area contributed by atoms with Gasteiger partial charge in [-0.1, -0.05) is 13.8 Å². The lowest BCUT2D eigenvalue weighted by Crippen LogP contribution is -2.29. The summed E-state index contributed by atoms with van der Waals surface area (Å²) in [6.07, 6.45) is 5.26. The van der Waals surface area contributed by atoms with Crippen LogP contribution in [0.5, 0.6) is 0 Å². The first-order valence-corrected chi connectivity index (χ1v) is 7.28. The smallest absolute Gasteiger partial charge is 0.143 e. The van der Waals surface area contributed by atoms with Crippen LogP contribution in [0.25, 0.3) is 22.3 Å². The summed E-state index contributed by atoms with van der Waals surface area (Å²) in [6.45, 7) is 4.18. The molecule has 3 aromatic heterocycles. The molecule has 3 rings (SSSR count). The Morgan fingerprint density at radius 2 is 2.18 bits per heavy atom. The second-order valence-corrected chi connectivity index (χ2v) is 5.75. The van der Waals surface area contributed by atoms with Crippen molar-refractivity contribution in [2.75, 3.05) is 11.9 Å². The van der Waals surface area contributed by atoms with E-state index in [1.165, 1.54) is 6.33 Å². The second kappa shape index (κ2) is 5.76. The Hall–Kier alpha value is -2.41. The Balaban J connectivity index is 2.00. The van der Waals surface area contributed by atoms with Crippen LogP contribution in [0, 0.1) is 5.92 Å². The van der Waals surface area contributed by atoms with E-state index in [2.05, 4.69) is 39.2 Å². The highest BCUT2D eigenvalue weighted by Crippen LogP contribution is 2.27. The number of aromatic nitrogens is 5. The molecular weight excluding hydrogens is 280 g/mol. The zero-order valence-electron chi connectivity index (χ0n) is 12.9. The molecule has 7 nitrogen and oxygen atoms in total. The van der Waals surface area contributed by atoms with E-state index < -0.39 is 0 Å². The topological polar surface area (TPSA) is 91.7 Å². The van der Waals surface area contributed by atoms with Gasteiger partial charge in [0.25, 0.3) is 0 Å². The molecule has 3 N–H and O–H groups in total. The lowest BCUT2D eigenvalue weighted by atomic mass is 10.1. The van der Waals surface area contributed by atoms with Gasteiger partial charge < -0.3 is 15.4 Å². The first-order chi connectivity index (χ1) is 10.6. The maximum absolute atomic E-state index is 9.49. The van der Waals surface area contributed by atoms with Crippen LogP contribution in [0.2, 0.25) is 0 Å². The molecule has 0 aliphatic heterocycles. The van der Waals surface area contributed by atoms with Crippen molar-refractivity contribution >= 4 is 16.9 Å². The third-order valence-corrected chi connectivity index (χ3v) is 3.77. The van der Waals surface area contributed by atoms with Crippen molar-refractivity contribution in [3.8, 4) is 11.3 Å². The van der Waals surface area contributed by atoms with Crippen molar-refractivity contribution in [3.63, 3.8) is 0 Å². The number of H-pyrrole nitrogens is 1. The number of hydrogen-bond acceptors (Lipinski definition) is 5. The predicted molar refractivity (Wildman–Crippen MR) is 85.4 cm³/mol. The summed E-state index contributed by atoms with van der Waals surface area (Å²) in [6, 6.07) is 1.96. The number of aliphatic hydroxyl groups is 1. The summed E-state index contributed by atoms with van der Waals surface area (Å²) >= 11 is 0. The monoisotopic (exact) mass is 300 g/mol. The number of aromatic amines is 1. The maximum Gasteiger partial charge on any atom is 0.143 e. The van der Waals surface area contributed by atoms with E-state index >= 15 is 0 Å². The minimum absolute atomic E-state index is 0.0464. The van der Waals surface area contributed by atoms with Gasteiger partial charge in [-0.15, -0.1) is 0 Å². The van der Waals surface area contributed by atoms with Crippen LogP contribution >= 0.6 is 0 Å². The fourth-order valence-electron chi connectivity index (χ4n) is 2.37. The Kier molecular flexibility index (Phi) is 3.81. The Morgan fingerprint density at radius 3 is 2.82 bits per heavy atom. The number of fused-ring (bicyclic) bond motifs is 1. The van der Waals surface area contributed by atoms with Gasteiger partial charge >= 0.3 is 0 Å². The molecule has 0 aliphatic carbocycles. The zero-order valence-corrected chi connectivity index (χ0v) is 12.9. The molecule has 0 radical (unpaired) electrons. The van der Waals surface area contributed by atoms with Gasteiger partial charge in [0.2, 0.25) is 0 Å². The van der Waals surface area contributed by atoms with Gasteiger partial charge in [0.05, 0.1) is 29.9 Å². The third kappa shape index (κ3) is 2.67. The largest absolute Gasteiger partial charge is 0.394 e. The first-order valence-electron chi connectivity index (χ1n) is 7.28. The van der Waals surface area contributed by atoms with Gasteiger partial charge in [0.15, 0.2) is 0 Å². The molecular formula is C15H20N6O. The third-order valence-electron chi connectivity index (χ3n) is 3.77. The Morgan fingerprint density at radius 1 is 1.36 bits per heavy atom. The van der Waals surface area contributed by atoms with Crippen LogP contribution < -0.4 is 5.32 Å². The van der Waals surface area contributed by atoms with E-state index in [0.29, 0.717) is 5.92 Å². The quantitative estimate of drug-likeness (QED) is 0.668. The molecule has 0 amide bonds. The van der Waals surface area contributed by atoms with Crippen LogP contribution in [0.4, 0.5) is 5.82 Å². The van der Waals surface area contributed by atoms with Crippen LogP contribution in [0.15, 0.2) is 24.8 Å². The average Bonchev–Trinajstić information content (AvgIpc) is 3.10. The molecule has 7 heteroatoms. The molecule has 116 valence electrons. The number of anilines is 1. The maximum atomic E-state index is 9.49. The highest BCUT2D eigenvalue weighted by atomic mass is 16.3. The minimum Gasteiger partial charge on any atom is -0.394 e. The lowest BCUT2D eigenvalue weighted by Gasteiger charge is -2.20. The van der Waals surface area contributed by atoms with Crippen molar-refractivity contribution in [2.45, 2.75) is 19.9 Å². The predicted octanol–water partition coefficient (Wildman–Crippen LogP) is 1.79. The van der Waals surface area contributed by atoms with Crippen LogP contribution in [0.1, 0.15) is 13.8 Å². The van der Waals surface area contributed by atoms with Crippen LogP contribution in [-0.2, 0) is 7.05 Å². The molecule has 22 heavy (non-hydrogen) atoms. The van der Waals surface area contributed by atoms with Gasteiger partial charge in [-0.25, -0.2) is 9.97 Å². The molecule has 0 spiro atoms. The Labute approximate surface area is 128 Å². The highest BCUT2D eigenvalue weighted by Gasteiger charge is 2.16. The number of rotatable bonds is 5. The molecule has 0 saturated heterocycles. The number of nitrogens with zero attached hydrogens (tertiary/aromatic N) is 4. The van der Waals surface area contributed by atoms with Gasteiger partial charge in [0, 0.05) is 18.8 Å². The second-order valence-electron chi connectivity index (χ2n) is 5.75. The van der Waals surface area contributed by atoms with Gasteiger partial charge in [-0.05, 0) is 12.0 Å². The van der Waals surface area contributed by atoms with E-state index in [-0.39, 0.29) is 12.6 Å². The number of aryl methyl sites for hydroxylation is 1. The van der Waals surface area contributed by atoms with Crippen molar-refractivity contribution < 1.29 is 5.11 Å². The molecule has 0 fully saturated rings. The molecule has 0 aromatic carbocycles. The van der Waals surface area contributed by atoms with E-state index in [9.17, 15) is 5.11 Å². The van der Waals surface area contributed by atoms with Crippen LogP contribution in [0.3, 0.4) is 0 Å². The molecule has 0 aliphatic rings. The summed E-state index contributed by atoms with van der Waals surface area (Å²) in [4.78, 5) is 11.9. The number of aliphatic hydroxyl groups excluding tert-OH is 1. The normalized spacial score (nSPS) is 13.0. The average molecular weight is 300 g/mol. The van der Waals surface area contributed by atoms with Gasteiger partial charge in [-0.2, -0.15) is 5.10 Å². The SMILES string of the molecule is CC(C)[C@H](CO)Nc1ncnc2[nH]c(-c3cnn(C)c3)cc12. The Bertz CT molecular complexity index is 775. The zero-order chi connectivity index (χ0) is 15.7. The fraction of sp³-hybridized carbons (Fsp3) is 0.400. The van der Waals surface area contributed by atoms with Crippen molar-refractivity contribution in [1.29, 1.82) is 0 Å². The molecule has 0 unspecified atom stereocenters. The van der Waals surface area contributed by atoms with Crippen molar-refractivity contribution in [3.05, 3.63) is 24.8 Å². The summed E-state index contributed by atoms with van der Waals surface area (Å²) < 4.78 is 1.76. The lowest BCUT2D eigenvalue weighted by molar-refractivity contribution is 0.249.